The van der Waals surface area contributed by atoms with E-state index in [0.717, 1.165) is 64.2 Å². The average Bonchev–Trinajstić information content (AvgIpc) is 3.39. The zero-order valence-corrected chi connectivity index (χ0v) is 33.8. The van der Waals surface area contributed by atoms with Gasteiger partial charge in [-0.05, 0) is 85.3 Å². The van der Waals surface area contributed by atoms with Gasteiger partial charge in [-0.1, -0.05) is 83.5 Å². The number of ketones is 3. The summed E-state index contributed by atoms with van der Waals surface area (Å²) in [7, 11) is -3.65. The first-order valence-electron chi connectivity index (χ1n) is 20.0. The van der Waals surface area contributed by atoms with Gasteiger partial charge in [-0.2, -0.15) is 0 Å². The van der Waals surface area contributed by atoms with Crippen LogP contribution in [0, 0.1) is 5.92 Å². The second kappa shape index (κ2) is 27.4. The Bertz CT molecular complexity index is 1120. The van der Waals surface area contributed by atoms with E-state index in [4.69, 9.17) is 13.8 Å². The first-order valence-corrected chi connectivity index (χ1v) is 21.7. The first-order chi connectivity index (χ1) is 24.7. The number of alkyl halides is 1. The standard InChI is InChI=1S/C40H69FNO9P/c1-6-49-52(48,50-7-2)37(41)26-22-17-15-13-11-9-8-10-12-14-16-18-23-27-38(46)42-34(39(47)51-40(3,4)5)29-28-32(43)24-20-19-21-25-33-35(44)30-31-36(33)45/h30-31,33-34,37H,6-29H2,1-5H3,(H,42,46). The summed E-state index contributed by atoms with van der Waals surface area (Å²) in [5, 5.41) is 2.80. The minimum atomic E-state index is -3.65. The summed E-state index contributed by atoms with van der Waals surface area (Å²) in [5.41, 5.74) is -0.716. The predicted octanol–water partition coefficient (Wildman–Crippen LogP) is 9.85. The lowest BCUT2D eigenvalue weighted by atomic mass is 9.96. The highest BCUT2D eigenvalue weighted by Gasteiger charge is 2.35. The molecule has 0 fully saturated rings. The van der Waals surface area contributed by atoms with Crippen LogP contribution in [0.15, 0.2) is 12.2 Å². The Morgan fingerprint density at radius 3 is 1.67 bits per heavy atom. The predicted molar refractivity (Wildman–Crippen MR) is 203 cm³/mol. The van der Waals surface area contributed by atoms with E-state index in [1.807, 2.05) is 0 Å². The van der Waals surface area contributed by atoms with Crippen LogP contribution in [0.5, 0.6) is 0 Å². The van der Waals surface area contributed by atoms with Crippen molar-refractivity contribution in [1.82, 2.24) is 5.32 Å². The molecule has 1 rings (SSSR count). The van der Waals surface area contributed by atoms with Gasteiger partial charge in [0.2, 0.25) is 11.8 Å². The molecular weight excluding hydrogens is 688 g/mol. The molecule has 0 heterocycles. The highest BCUT2D eigenvalue weighted by atomic mass is 31.2. The molecule has 12 heteroatoms. The van der Waals surface area contributed by atoms with Gasteiger partial charge in [0.05, 0.1) is 19.1 Å². The number of carbonyl (C=O) groups is 5. The molecule has 2 atom stereocenters. The highest BCUT2D eigenvalue weighted by molar-refractivity contribution is 7.54. The molecule has 1 N–H and O–H groups in total. The number of nitrogens with one attached hydrogen (secondary N) is 1. The smallest absolute Gasteiger partial charge is 0.364 e. The van der Waals surface area contributed by atoms with Gasteiger partial charge in [0, 0.05) is 19.3 Å². The second-order valence-electron chi connectivity index (χ2n) is 15.0. The van der Waals surface area contributed by atoms with Crippen LogP contribution in [-0.2, 0) is 42.3 Å². The third-order valence-corrected chi connectivity index (χ3v) is 11.3. The Balaban J connectivity index is 2.16. The molecule has 1 amide bonds. The quantitative estimate of drug-likeness (QED) is 0.0307. The van der Waals surface area contributed by atoms with Gasteiger partial charge in [-0.25, -0.2) is 9.18 Å². The Kier molecular flexibility index (Phi) is 25.2. The molecule has 10 nitrogen and oxygen atoms in total. The highest BCUT2D eigenvalue weighted by Crippen LogP contribution is 2.55. The molecule has 300 valence electrons. The number of allylic oxidation sites excluding steroid dienone is 2. The van der Waals surface area contributed by atoms with E-state index < -0.39 is 37.0 Å². The van der Waals surface area contributed by atoms with Gasteiger partial charge in [0.15, 0.2) is 11.6 Å². The van der Waals surface area contributed by atoms with Crippen LogP contribution < -0.4 is 5.32 Å². The number of hydrogen-bond acceptors (Lipinski definition) is 9. The fraction of sp³-hybridized carbons (Fsp3) is 0.825. The molecule has 0 radical (unpaired) electrons. The number of ether oxygens (including phenoxy) is 1. The minimum absolute atomic E-state index is 0.00687. The largest absolute Gasteiger partial charge is 0.458 e. The molecular formula is C40H69FNO9P. The number of rotatable bonds is 32. The van der Waals surface area contributed by atoms with Crippen molar-refractivity contribution in [2.45, 2.75) is 193 Å². The minimum Gasteiger partial charge on any atom is -0.458 e. The van der Waals surface area contributed by atoms with Crippen LogP contribution in [0.2, 0.25) is 0 Å². The maximum Gasteiger partial charge on any atom is 0.364 e. The van der Waals surface area contributed by atoms with E-state index in [9.17, 15) is 32.9 Å². The summed E-state index contributed by atoms with van der Waals surface area (Å²) >= 11 is 0. The van der Waals surface area contributed by atoms with Crippen LogP contribution >= 0.6 is 7.60 Å². The van der Waals surface area contributed by atoms with Crippen LogP contribution in [0.1, 0.15) is 176 Å². The van der Waals surface area contributed by atoms with Gasteiger partial charge in [0.25, 0.3) is 0 Å². The SMILES string of the molecule is CCOP(=O)(OCC)C(F)CCCCCCCCCCCCCCCC(=O)NC(CCC(=O)CCCCCC1C(=O)C=CC1=O)C(=O)OC(C)(C)C. The number of amides is 1. The molecule has 52 heavy (non-hydrogen) atoms. The lowest BCUT2D eigenvalue weighted by Gasteiger charge is -2.24. The van der Waals surface area contributed by atoms with Crippen molar-refractivity contribution >= 4 is 36.8 Å². The molecule has 1 aliphatic carbocycles. The number of carbonyl (C=O) groups excluding carboxylic acids is 5. The number of Topliss-reactive ketones (excluding diaryl/α,β-unsaturated/α-hetero) is 1. The molecule has 1 aliphatic rings. The van der Waals surface area contributed by atoms with Gasteiger partial charge in [-0.3, -0.25) is 23.7 Å². The van der Waals surface area contributed by atoms with E-state index in [2.05, 4.69) is 5.32 Å². The lowest BCUT2D eigenvalue weighted by molar-refractivity contribution is -0.159. The Labute approximate surface area is 313 Å². The van der Waals surface area contributed by atoms with Crippen LogP contribution in [-0.4, -0.2) is 60.0 Å². The molecule has 0 aromatic carbocycles. The Morgan fingerprint density at radius 1 is 0.712 bits per heavy atom. The van der Waals surface area contributed by atoms with Crippen LogP contribution in [0.3, 0.4) is 0 Å². The number of esters is 1. The van der Waals surface area contributed by atoms with Crippen molar-refractivity contribution in [1.29, 1.82) is 0 Å². The monoisotopic (exact) mass is 757 g/mol. The van der Waals surface area contributed by atoms with Crippen molar-refractivity contribution in [2.24, 2.45) is 5.92 Å². The van der Waals surface area contributed by atoms with Crippen molar-refractivity contribution in [3.63, 3.8) is 0 Å². The normalized spacial score (nSPS) is 14.9. The van der Waals surface area contributed by atoms with Crippen molar-refractivity contribution in [3.8, 4) is 0 Å². The summed E-state index contributed by atoms with van der Waals surface area (Å²) in [6.07, 6.45) is 19.9. The van der Waals surface area contributed by atoms with Gasteiger partial charge in [-0.15, -0.1) is 0 Å². The Morgan fingerprint density at radius 2 is 1.17 bits per heavy atom. The fourth-order valence-corrected chi connectivity index (χ4v) is 7.86. The maximum absolute atomic E-state index is 14.4. The first kappa shape index (κ1) is 47.8. The van der Waals surface area contributed by atoms with E-state index >= 15 is 0 Å². The van der Waals surface area contributed by atoms with Gasteiger partial charge in [0.1, 0.15) is 17.4 Å². The molecule has 0 saturated carbocycles. The summed E-state index contributed by atoms with van der Waals surface area (Å²) in [6.45, 7) is 9.01. The summed E-state index contributed by atoms with van der Waals surface area (Å²) in [5.74, 6) is -3.14. The van der Waals surface area contributed by atoms with Gasteiger partial charge >= 0.3 is 13.6 Å². The Hall–Kier alpha value is -2.23. The van der Waals surface area contributed by atoms with E-state index in [-0.39, 0.29) is 55.7 Å². The van der Waals surface area contributed by atoms with Crippen molar-refractivity contribution in [2.75, 3.05) is 13.2 Å². The number of unbranched alkanes of at least 4 members (excludes halogenated alkanes) is 14. The third kappa shape index (κ3) is 22.1. The second-order valence-corrected chi connectivity index (χ2v) is 17.1. The number of hydrogen-bond donors (Lipinski definition) is 1. The molecule has 0 spiro atoms. The molecule has 0 saturated heterocycles. The van der Waals surface area contributed by atoms with Crippen LogP contribution in [0.4, 0.5) is 4.39 Å². The summed E-state index contributed by atoms with van der Waals surface area (Å²) in [4.78, 5) is 61.5. The lowest BCUT2D eigenvalue weighted by Crippen LogP contribution is -2.44. The molecule has 2 unspecified atom stereocenters. The van der Waals surface area contributed by atoms with Crippen molar-refractivity contribution < 1.29 is 46.7 Å². The van der Waals surface area contributed by atoms with E-state index in [1.165, 1.54) is 31.4 Å². The zero-order chi connectivity index (χ0) is 38.8. The fourth-order valence-electron chi connectivity index (χ4n) is 6.25. The number of halogens is 1. The summed E-state index contributed by atoms with van der Waals surface area (Å²) < 4.78 is 42.5. The maximum atomic E-state index is 14.4. The van der Waals surface area contributed by atoms with Gasteiger partial charge < -0.3 is 19.1 Å². The average molecular weight is 758 g/mol. The molecule has 0 aliphatic heterocycles. The van der Waals surface area contributed by atoms with Crippen molar-refractivity contribution in [3.05, 3.63) is 12.2 Å². The summed E-state index contributed by atoms with van der Waals surface area (Å²) in [6, 6.07) is -0.878. The van der Waals surface area contributed by atoms with Crippen LogP contribution in [0.25, 0.3) is 0 Å². The molecule has 0 bridgehead atoms. The van der Waals surface area contributed by atoms with E-state index in [1.54, 1.807) is 34.6 Å². The topological polar surface area (TPSA) is 142 Å². The molecule has 0 aromatic heterocycles. The van der Waals surface area contributed by atoms with E-state index in [0.29, 0.717) is 38.5 Å². The third-order valence-electron chi connectivity index (χ3n) is 9.09. The molecule has 0 aromatic rings. The zero-order valence-electron chi connectivity index (χ0n) is 32.9.